The Labute approximate surface area is 140 Å². The quantitative estimate of drug-likeness (QED) is 0.368. The van der Waals surface area contributed by atoms with E-state index < -0.39 is 0 Å². The van der Waals surface area contributed by atoms with Gasteiger partial charge in [-0.15, -0.1) is 0 Å². The molecule has 130 valence electrons. The van der Waals surface area contributed by atoms with E-state index in [1.807, 2.05) is 13.8 Å². The summed E-state index contributed by atoms with van der Waals surface area (Å²) >= 11 is 0. The fourth-order valence-electron chi connectivity index (χ4n) is 1.71. The Morgan fingerprint density at radius 2 is 1.23 bits per heavy atom. The summed E-state index contributed by atoms with van der Waals surface area (Å²) in [6.07, 6.45) is 2.25. The molecule has 0 aromatic heterocycles. The molecule has 0 aliphatic heterocycles. The number of hydrogen-bond donors (Lipinski definition) is 4. The Balaban J connectivity index is 4.56. The first kappa shape index (κ1) is 21.6. The van der Waals surface area contributed by atoms with Crippen molar-refractivity contribution in [3.05, 3.63) is 0 Å². The molecule has 0 radical (unpaired) electrons. The van der Waals surface area contributed by atoms with E-state index in [9.17, 15) is 9.59 Å². The number of carbonyl (C=O) groups excluding carboxylic acids is 2. The number of nitrogens with one attached hydrogen (secondary N) is 2. The molecule has 22 heavy (non-hydrogen) atoms. The minimum atomic E-state index is -0.289. The largest absolute Gasteiger partial charge is 0.396 e. The SMILES string of the molecule is CCNC(=O)C(CCCO)SSC(CCCO)C(=O)NCC. The molecule has 2 unspecified atom stereocenters. The Hall–Kier alpha value is -0.440. The molecule has 0 fully saturated rings. The van der Waals surface area contributed by atoms with E-state index in [-0.39, 0.29) is 35.5 Å². The minimum absolute atomic E-state index is 0.0470. The zero-order chi connectivity index (χ0) is 16.8. The standard InChI is InChI=1S/C14H28N2O4S2/c1-3-15-13(19)11(7-5-9-17)21-22-12(8-6-10-18)14(20)16-4-2/h11-12,17-18H,3-10H2,1-2H3,(H,15,19)(H,16,20). The molecule has 0 saturated heterocycles. The van der Waals surface area contributed by atoms with Gasteiger partial charge < -0.3 is 20.8 Å². The van der Waals surface area contributed by atoms with Crippen molar-refractivity contribution >= 4 is 33.4 Å². The van der Waals surface area contributed by atoms with Gasteiger partial charge in [-0.25, -0.2) is 0 Å². The normalized spacial score (nSPS) is 13.5. The highest BCUT2D eigenvalue weighted by atomic mass is 33.1. The van der Waals surface area contributed by atoms with E-state index in [0.717, 1.165) is 0 Å². The second kappa shape index (κ2) is 14.2. The highest BCUT2D eigenvalue weighted by molar-refractivity contribution is 8.77. The molecule has 0 aliphatic rings. The van der Waals surface area contributed by atoms with Gasteiger partial charge in [-0.2, -0.15) is 0 Å². The molecule has 0 saturated carbocycles. The molecule has 0 rings (SSSR count). The number of hydrogen-bond acceptors (Lipinski definition) is 6. The third-order valence-corrected chi connectivity index (χ3v) is 6.03. The lowest BCUT2D eigenvalue weighted by molar-refractivity contribution is -0.121. The maximum absolute atomic E-state index is 12.0. The monoisotopic (exact) mass is 352 g/mol. The highest BCUT2D eigenvalue weighted by Crippen LogP contribution is 2.35. The molecule has 0 aliphatic carbocycles. The molecule has 0 heterocycles. The van der Waals surface area contributed by atoms with E-state index in [1.165, 1.54) is 21.6 Å². The van der Waals surface area contributed by atoms with E-state index in [4.69, 9.17) is 10.2 Å². The van der Waals surface area contributed by atoms with Crippen LogP contribution in [0.4, 0.5) is 0 Å². The summed E-state index contributed by atoms with van der Waals surface area (Å²) in [7, 11) is 2.75. The fourth-order valence-corrected chi connectivity index (χ4v) is 4.75. The number of carbonyl (C=O) groups is 2. The first-order chi connectivity index (χ1) is 10.6. The van der Waals surface area contributed by atoms with Crippen molar-refractivity contribution in [1.29, 1.82) is 0 Å². The lowest BCUT2D eigenvalue weighted by Crippen LogP contribution is -2.34. The summed E-state index contributed by atoms with van der Waals surface area (Å²) in [5.74, 6) is -0.129. The van der Waals surface area contributed by atoms with Gasteiger partial charge in [0.2, 0.25) is 11.8 Å². The number of amides is 2. The smallest absolute Gasteiger partial charge is 0.233 e. The zero-order valence-electron chi connectivity index (χ0n) is 13.3. The molecule has 2 amide bonds. The predicted molar refractivity (Wildman–Crippen MR) is 92.8 cm³/mol. The van der Waals surface area contributed by atoms with E-state index in [0.29, 0.717) is 38.8 Å². The van der Waals surface area contributed by atoms with Crippen LogP contribution in [0.25, 0.3) is 0 Å². The van der Waals surface area contributed by atoms with Crippen LogP contribution in [-0.2, 0) is 9.59 Å². The van der Waals surface area contributed by atoms with Gasteiger partial charge in [-0.05, 0) is 39.5 Å². The lowest BCUT2D eigenvalue weighted by Gasteiger charge is -2.19. The first-order valence-electron chi connectivity index (χ1n) is 7.69. The van der Waals surface area contributed by atoms with Gasteiger partial charge in [0.1, 0.15) is 0 Å². The summed E-state index contributed by atoms with van der Waals surface area (Å²) in [4.78, 5) is 24.0. The van der Waals surface area contributed by atoms with Crippen LogP contribution in [0.5, 0.6) is 0 Å². The van der Waals surface area contributed by atoms with Crippen molar-refractivity contribution in [2.45, 2.75) is 50.0 Å². The molecule has 0 aromatic rings. The third-order valence-electron chi connectivity index (χ3n) is 2.82. The van der Waals surface area contributed by atoms with Crippen LogP contribution >= 0.6 is 21.6 Å². The van der Waals surface area contributed by atoms with Gasteiger partial charge in [-0.1, -0.05) is 21.6 Å². The van der Waals surface area contributed by atoms with Crippen LogP contribution in [-0.4, -0.2) is 58.8 Å². The molecule has 0 bridgehead atoms. The van der Waals surface area contributed by atoms with Crippen molar-refractivity contribution in [2.75, 3.05) is 26.3 Å². The average Bonchev–Trinajstić information content (AvgIpc) is 2.50. The molecular formula is C14H28N2O4S2. The second-order valence-electron chi connectivity index (χ2n) is 4.69. The van der Waals surface area contributed by atoms with Crippen LogP contribution in [0.15, 0.2) is 0 Å². The molecule has 8 heteroatoms. The van der Waals surface area contributed by atoms with E-state index in [1.54, 1.807) is 0 Å². The van der Waals surface area contributed by atoms with Crippen molar-refractivity contribution in [1.82, 2.24) is 10.6 Å². The molecule has 2 atom stereocenters. The number of rotatable bonds is 13. The van der Waals surface area contributed by atoms with Crippen molar-refractivity contribution < 1.29 is 19.8 Å². The van der Waals surface area contributed by atoms with E-state index in [2.05, 4.69) is 10.6 Å². The van der Waals surface area contributed by atoms with Crippen LogP contribution < -0.4 is 10.6 Å². The highest BCUT2D eigenvalue weighted by Gasteiger charge is 2.24. The molecule has 0 spiro atoms. The Morgan fingerprint density at radius 3 is 1.50 bits per heavy atom. The summed E-state index contributed by atoms with van der Waals surface area (Å²) < 4.78 is 0. The van der Waals surface area contributed by atoms with Crippen LogP contribution in [0, 0.1) is 0 Å². The molecule has 6 nitrogen and oxygen atoms in total. The van der Waals surface area contributed by atoms with Crippen LogP contribution in [0.2, 0.25) is 0 Å². The van der Waals surface area contributed by atoms with Gasteiger partial charge >= 0.3 is 0 Å². The Kier molecular flexibility index (Phi) is 13.9. The summed E-state index contributed by atoms with van der Waals surface area (Å²) in [5, 5.41) is 22.9. The topological polar surface area (TPSA) is 98.7 Å². The number of aliphatic hydroxyl groups excluding tert-OH is 2. The van der Waals surface area contributed by atoms with Gasteiger partial charge in [0.25, 0.3) is 0 Å². The van der Waals surface area contributed by atoms with Gasteiger partial charge in [0.15, 0.2) is 0 Å². The van der Waals surface area contributed by atoms with Crippen LogP contribution in [0.3, 0.4) is 0 Å². The number of aliphatic hydroxyl groups is 2. The summed E-state index contributed by atoms with van der Waals surface area (Å²) in [6.45, 7) is 4.93. The predicted octanol–water partition coefficient (Wildman–Crippen LogP) is 0.922. The van der Waals surface area contributed by atoms with Gasteiger partial charge in [-0.3, -0.25) is 9.59 Å². The fraction of sp³-hybridized carbons (Fsp3) is 0.857. The maximum atomic E-state index is 12.0. The maximum Gasteiger partial charge on any atom is 0.233 e. The Bertz CT molecular complexity index is 289. The summed E-state index contributed by atoms with van der Waals surface area (Å²) in [6, 6.07) is 0. The third kappa shape index (κ3) is 9.55. The molecular weight excluding hydrogens is 324 g/mol. The lowest BCUT2D eigenvalue weighted by atomic mass is 10.2. The second-order valence-corrected chi connectivity index (χ2v) is 7.37. The minimum Gasteiger partial charge on any atom is -0.396 e. The van der Waals surface area contributed by atoms with Crippen LogP contribution in [0.1, 0.15) is 39.5 Å². The molecule has 4 N–H and O–H groups in total. The van der Waals surface area contributed by atoms with Crippen molar-refractivity contribution in [3.8, 4) is 0 Å². The van der Waals surface area contributed by atoms with Gasteiger partial charge in [0, 0.05) is 26.3 Å². The van der Waals surface area contributed by atoms with Crippen molar-refractivity contribution in [3.63, 3.8) is 0 Å². The molecule has 0 aromatic carbocycles. The summed E-state index contributed by atoms with van der Waals surface area (Å²) in [5.41, 5.74) is 0. The van der Waals surface area contributed by atoms with Gasteiger partial charge in [0.05, 0.1) is 10.5 Å². The van der Waals surface area contributed by atoms with Crippen molar-refractivity contribution in [2.24, 2.45) is 0 Å². The zero-order valence-corrected chi connectivity index (χ0v) is 15.0. The first-order valence-corrected chi connectivity index (χ1v) is 9.97. The Morgan fingerprint density at radius 1 is 0.864 bits per heavy atom. The average molecular weight is 353 g/mol. The van der Waals surface area contributed by atoms with E-state index >= 15 is 0 Å².